The molecular formula is C22H26F2N4O2S. The standard InChI is InChI=1S/C22H26F2N4O2S/c1-3-12-31(29,30)27-19-10-9-18(23)22(21(19)24)28-14-17(7-5-4-6-15(28)2)16-8-11-20(25)26-13-16/h5,7-11,13-15,27H,3-4,6,12H2,1-2H3,(H2,25,26)/b7-5-,17-14+. The number of hydrogen-bond donors (Lipinski definition) is 2. The Morgan fingerprint density at radius 3 is 2.71 bits per heavy atom. The van der Waals surface area contributed by atoms with Gasteiger partial charge in [-0.3, -0.25) is 4.72 Å². The normalized spacial score (nSPS) is 19.8. The van der Waals surface area contributed by atoms with Crippen molar-refractivity contribution in [2.75, 3.05) is 21.1 Å². The second-order valence-electron chi connectivity index (χ2n) is 7.47. The molecule has 0 spiro atoms. The maximum Gasteiger partial charge on any atom is 0.232 e. The number of aromatic nitrogens is 1. The molecule has 1 aromatic carbocycles. The average Bonchev–Trinajstić information content (AvgIpc) is 2.70. The molecule has 3 rings (SSSR count). The summed E-state index contributed by atoms with van der Waals surface area (Å²) < 4.78 is 56.7. The fraction of sp³-hybridized carbons (Fsp3) is 0.318. The van der Waals surface area contributed by atoms with Crippen molar-refractivity contribution in [3.05, 3.63) is 66.0 Å². The largest absolute Gasteiger partial charge is 0.384 e. The second kappa shape index (κ2) is 9.47. The topological polar surface area (TPSA) is 88.3 Å². The molecule has 3 N–H and O–H groups in total. The minimum Gasteiger partial charge on any atom is -0.384 e. The smallest absolute Gasteiger partial charge is 0.232 e. The molecule has 2 aromatic rings. The van der Waals surface area contributed by atoms with Gasteiger partial charge >= 0.3 is 0 Å². The molecule has 1 aliphatic rings. The van der Waals surface area contributed by atoms with Crippen molar-refractivity contribution in [3.63, 3.8) is 0 Å². The van der Waals surface area contributed by atoms with Gasteiger partial charge in [-0.05, 0) is 56.0 Å². The number of rotatable bonds is 6. The number of pyridine rings is 1. The summed E-state index contributed by atoms with van der Waals surface area (Å²) in [6.45, 7) is 3.57. The Kier molecular flexibility index (Phi) is 6.94. The van der Waals surface area contributed by atoms with Gasteiger partial charge in [-0.1, -0.05) is 19.1 Å². The number of nitrogens with one attached hydrogen (secondary N) is 1. The first-order chi connectivity index (χ1) is 14.7. The Hall–Kier alpha value is -2.94. The van der Waals surface area contributed by atoms with Crippen LogP contribution in [0.15, 0.2) is 48.8 Å². The maximum absolute atomic E-state index is 15.4. The third-order valence-corrected chi connectivity index (χ3v) is 6.46. The lowest BCUT2D eigenvalue weighted by molar-refractivity contribution is 0.559. The van der Waals surface area contributed by atoms with Crippen LogP contribution >= 0.6 is 0 Å². The van der Waals surface area contributed by atoms with Crippen LogP contribution in [0.25, 0.3) is 5.57 Å². The number of hydrogen-bond acceptors (Lipinski definition) is 5. The quantitative estimate of drug-likeness (QED) is 0.670. The van der Waals surface area contributed by atoms with Gasteiger partial charge in [-0.25, -0.2) is 22.2 Å². The zero-order valence-corrected chi connectivity index (χ0v) is 18.3. The van der Waals surface area contributed by atoms with Crippen LogP contribution in [0.2, 0.25) is 0 Å². The highest BCUT2D eigenvalue weighted by Crippen LogP contribution is 2.34. The summed E-state index contributed by atoms with van der Waals surface area (Å²) in [5, 5.41) is 0. The molecule has 31 heavy (non-hydrogen) atoms. The van der Waals surface area contributed by atoms with Crippen molar-refractivity contribution in [2.45, 2.75) is 39.2 Å². The third-order valence-electron chi connectivity index (χ3n) is 4.98. The van der Waals surface area contributed by atoms with E-state index in [9.17, 15) is 12.8 Å². The van der Waals surface area contributed by atoms with Gasteiger partial charge in [0, 0.05) is 24.0 Å². The highest BCUT2D eigenvalue weighted by molar-refractivity contribution is 7.92. The van der Waals surface area contributed by atoms with Crippen molar-refractivity contribution >= 4 is 32.8 Å². The van der Waals surface area contributed by atoms with Crippen molar-refractivity contribution < 1.29 is 17.2 Å². The molecule has 6 nitrogen and oxygen atoms in total. The van der Waals surface area contributed by atoms with Crippen LogP contribution in [0.4, 0.5) is 26.0 Å². The van der Waals surface area contributed by atoms with Crippen LogP contribution in [0, 0.1) is 11.6 Å². The lowest BCUT2D eigenvalue weighted by atomic mass is 10.0. The molecule has 1 atom stereocenters. The van der Waals surface area contributed by atoms with Crippen molar-refractivity contribution in [1.29, 1.82) is 0 Å². The summed E-state index contributed by atoms with van der Waals surface area (Å²) in [5.74, 6) is -1.52. The Morgan fingerprint density at radius 2 is 2.03 bits per heavy atom. The predicted molar refractivity (Wildman–Crippen MR) is 121 cm³/mol. The van der Waals surface area contributed by atoms with Gasteiger partial charge < -0.3 is 10.6 Å². The molecule has 0 saturated heterocycles. The number of nitrogen functional groups attached to an aromatic ring is 1. The first kappa shape index (κ1) is 22.7. The molecule has 0 radical (unpaired) electrons. The van der Waals surface area contributed by atoms with Crippen LogP contribution in [0.3, 0.4) is 0 Å². The predicted octanol–water partition coefficient (Wildman–Crippen LogP) is 4.68. The van der Waals surface area contributed by atoms with Crippen LogP contribution < -0.4 is 15.4 Å². The first-order valence-corrected chi connectivity index (χ1v) is 11.7. The van der Waals surface area contributed by atoms with Gasteiger partial charge in [0.05, 0.1) is 11.4 Å². The van der Waals surface area contributed by atoms with Crippen LogP contribution in [0.1, 0.15) is 38.7 Å². The van der Waals surface area contributed by atoms with E-state index in [2.05, 4.69) is 9.71 Å². The lowest BCUT2D eigenvalue weighted by Gasteiger charge is -2.31. The molecule has 0 bridgehead atoms. The molecular weight excluding hydrogens is 422 g/mol. The third kappa shape index (κ3) is 5.41. The van der Waals surface area contributed by atoms with E-state index in [-0.39, 0.29) is 23.2 Å². The Labute approximate surface area is 181 Å². The van der Waals surface area contributed by atoms with E-state index in [1.54, 1.807) is 31.5 Å². The van der Waals surface area contributed by atoms with Crippen molar-refractivity contribution in [3.8, 4) is 0 Å². The number of nitrogens with zero attached hydrogens (tertiary/aromatic N) is 2. The van der Waals surface area contributed by atoms with Gasteiger partial charge in [0.15, 0.2) is 5.82 Å². The van der Waals surface area contributed by atoms with E-state index >= 15 is 4.39 Å². The fourth-order valence-electron chi connectivity index (χ4n) is 3.38. The molecule has 0 saturated carbocycles. The lowest BCUT2D eigenvalue weighted by Crippen LogP contribution is -2.31. The monoisotopic (exact) mass is 448 g/mol. The first-order valence-electron chi connectivity index (χ1n) is 10.1. The van der Waals surface area contributed by atoms with Crippen LogP contribution in [-0.4, -0.2) is 25.2 Å². The van der Waals surface area contributed by atoms with Gasteiger partial charge in [0.1, 0.15) is 17.3 Å². The summed E-state index contributed by atoms with van der Waals surface area (Å²) in [4.78, 5) is 5.60. The summed E-state index contributed by atoms with van der Waals surface area (Å²) in [5.41, 5.74) is 6.53. The molecule has 2 heterocycles. The minimum absolute atomic E-state index is 0.155. The van der Waals surface area contributed by atoms with E-state index in [1.807, 2.05) is 19.1 Å². The number of benzene rings is 1. The van der Waals surface area contributed by atoms with Gasteiger partial charge in [0.2, 0.25) is 10.0 Å². The van der Waals surface area contributed by atoms with Crippen LogP contribution in [-0.2, 0) is 10.0 Å². The molecule has 9 heteroatoms. The van der Waals surface area contributed by atoms with E-state index in [4.69, 9.17) is 5.73 Å². The number of sulfonamides is 1. The Bertz CT molecular complexity index is 1100. The summed E-state index contributed by atoms with van der Waals surface area (Å²) in [6.07, 6.45) is 8.86. The summed E-state index contributed by atoms with van der Waals surface area (Å²) in [6, 6.07) is 5.37. The SMILES string of the molecule is CCCS(=O)(=O)Nc1ccc(F)c(N2/C=C(c3ccc(N)nc3)\C=C/CCC2C)c1F. The zero-order valence-electron chi connectivity index (χ0n) is 17.5. The molecule has 1 aromatic heterocycles. The number of nitrogens with two attached hydrogens (primary N) is 1. The van der Waals surface area contributed by atoms with Crippen molar-refractivity contribution in [2.24, 2.45) is 0 Å². The van der Waals surface area contributed by atoms with Gasteiger partial charge in [0.25, 0.3) is 0 Å². The molecule has 1 unspecified atom stereocenters. The Morgan fingerprint density at radius 1 is 1.26 bits per heavy atom. The Balaban J connectivity index is 2.10. The van der Waals surface area contributed by atoms with Gasteiger partial charge in [-0.2, -0.15) is 0 Å². The summed E-state index contributed by atoms with van der Waals surface area (Å²) in [7, 11) is -3.73. The molecule has 1 aliphatic heterocycles. The second-order valence-corrected chi connectivity index (χ2v) is 9.31. The van der Waals surface area contributed by atoms with Gasteiger partial charge in [-0.15, -0.1) is 0 Å². The maximum atomic E-state index is 15.4. The highest BCUT2D eigenvalue weighted by Gasteiger charge is 2.25. The summed E-state index contributed by atoms with van der Waals surface area (Å²) >= 11 is 0. The van der Waals surface area contributed by atoms with E-state index < -0.39 is 21.7 Å². The number of anilines is 3. The average molecular weight is 449 g/mol. The van der Waals surface area contributed by atoms with Crippen LogP contribution in [0.5, 0.6) is 0 Å². The fourth-order valence-corrected chi connectivity index (χ4v) is 4.51. The minimum atomic E-state index is -3.73. The van der Waals surface area contributed by atoms with Crippen molar-refractivity contribution in [1.82, 2.24) is 4.98 Å². The molecule has 0 fully saturated rings. The highest BCUT2D eigenvalue weighted by atomic mass is 32.2. The molecule has 166 valence electrons. The number of halogens is 2. The molecule has 0 amide bonds. The van der Waals surface area contributed by atoms with E-state index in [1.165, 1.54) is 4.90 Å². The van der Waals surface area contributed by atoms with E-state index in [0.717, 1.165) is 17.7 Å². The van der Waals surface area contributed by atoms with E-state index in [0.29, 0.717) is 30.7 Å². The number of allylic oxidation sites excluding steroid dienone is 3. The zero-order chi connectivity index (χ0) is 22.6. The molecule has 0 aliphatic carbocycles.